The van der Waals surface area contributed by atoms with Crippen LogP contribution in [0.4, 0.5) is 0 Å². The summed E-state index contributed by atoms with van der Waals surface area (Å²) in [5, 5.41) is 3.15. The van der Waals surface area contributed by atoms with Crippen LogP contribution in [-0.4, -0.2) is 11.4 Å². The highest BCUT2D eigenvalue weighted by Crippen LogP contribution is 2.76. The number of hydrogen-bond donors (Lipinski definition) is 1. The summed E-state index contributed by atoms with van der Waals surface area (Å²) in [6.45, 7) is 11.2. The van der Waals surface area contributed by atoms with Crippen molar-refractivity contribution < 1.29 is 4.79 Å². The monoisotopic (exact) mass is 181 g/mol. The molecule has 3 atom stereocenters. The summed E-state index contributed by atoms with van der Waals surface area (Å²) in [5.74, 6) is 0.722. The molecule has 3 unspecified atom stereocenters. The molecule has 0 radical (unpaired) electrons. The van der Waals surface area contributed by atoms with Crippen molar-refractivity contribution in [1.82, 2.24) is 5.32 Å². The molecule has 1 heterocycles. The zero-order valence-corrected chi connectivity index (χ0v) is 9.19. The van der Waals surface area contributed by atoms with Crippen molar-refractivity contribution in [1.29, 1.82) is 0 Å². The van der Waals surface area contributed by atoms with Crippen LogP contribution in [0.5, 0.6) is 0 Å². The lowest BCUT2D eigenvalue weighted by Gasteiger charge is -2.31. The number of carbonyl (C=O) groups excluding carboxylic acids is 1. The molecule has 1 amide bonds. The topological polar surface area (TPSA) is 29.1 Å². The molecule has 0 aromatic carbocycles. The predicted octanol–water partition coefficient (Wildman–Crippen LogP) is 1.95. The highest BCUT2D eigenvalue weighted by molar-refractivity contribution is 5.80. The Bertz CT molecular complexity index is 284. The molecule has 13 heavy (non-hydrogen) atoms. The second-order valence-electron chi connectivity index (χ2n) is 5.61. The third-order valence-corrected chi connectivity index (χ3v) is 5.39. The van der Waals surface area contributed by atoms with Crippen molar-refractivity contribution in [2.24, 2.45) is 16.7 Å². The molecular formula is C11H19NO. The third-order valence-electron chi connectivity index (χ3n) is 5.39. The second kappa shape index (κ2) is 1.94. The van der Waals surface area contributed by atoms with Crippen LogP contribution in [0.1, 0.15) is 41.0 Å². The van der Waals surface area contributed by atoms with Crippen molar-refractivity contribution in [3.05, 3.63) is 0 Å². The summed E-state index contributed by atoms with van der Waals surface area (Å²) < 4.78 is 0. The Morgan fingerprint density at radius 3 is 2.31 bits per heavy atom. The largest absolute Gasteiger partial charge is 0.350 e. The highest BCUT2D eigenvalue weighted by Gasteiger charge is 2.80. The lowest BCUT2D eigenvalue weighted by Crippen LogP contribution is -2.46. The maximum Gasteiger partial charge on any atom is 0.220 e. The van der Waals surface area contributed by atoms with Gasteiger partial charge in [0.05, 0.1) is 0 Å². The van der Waals surface area contributed by atoms with Crippen LogP contribution in [-0.2, 0) is 4.79 Å². The van der Waals surface area contributed by atoms with Gasteiger partial charge in [0.15, 0.2) is 0 Å². The average molecular weight is 181 g/mol. The van der Waals surface area contributed by atoms with E-state index in [-0.39, 0.29) is 22.3 Å². The van der Waals surface area contributed by atoms with E-state index >= 15 is 0 Å². The molecule has 2 nitrogen and oxygen atoms in total. The van der Waals surface area contributed by atoms with Crippen LogP contribution in [0.25, 0.3) is 0 Å². The third kappa shape index (κ3) is 0.660. The molecule has 2 aliphatic rings. The van der Waals surface area contributed by atoms with Crippen LogP contribution in [0.15, 0.2) is 0 Å². The molecule has 2 fully saturated rings. The van der Waals surface area contributed by atoms with Crippen LogP contribution in [0.3, 0.4) is 0 Å². The fraction of sp³-hybridized carbons (Fsp3) is 0.909. The number of nitrogens with one attached hydrogen (secondary N) is 1. The molecule has 1 saturated carbocycles. The minimum absolute atomic E-state index is 0.0226. The Hall–Kier alpha value is -0.530. The molecular weight excluding hydrogens is 162 g/mol. The van der Waals surface area contributed by atoms with Crippen LogP contribution in [0.2, 0.25) is 0 Å². The normalized spacial score (nSPS) is 52.4. The molecule has 1 N–H and O–H groups in total. The smallest absolute Gasteiger partial charge is 0.220 e. The van der Waals surface area contributed by atoms with Gasteiger partial charge < -0.3 is 5.32 Å². The summed E-state index contributed by atoms with van der Waals surface area (Å²) in [7, 11) is 0. The van der Waals surface area contributed by atoms with Gasteiger partial charge in [-0.25, -0.2) is 0 Å². The summed E-state index contributed by atoms with van der Waals surface area (Å²) in [5.41, 5.74) is 0.550. The molecule has 0 bridgehead atoms. The van der Waals surface area contributed by atoms with Crippen LogP contribution in [0, 0.1) is 16.7 Å². The molecule has 0 spiro atoms. The lowest BCUT2D eigenvalue weighted by molar-refractivity contribution is -0.125. The molecule has 2 rings (SSSR count). The average Bonchev–Trinajstić information content (AvgIpc) is 2.30. The first-order chi connectivity index (χ1) is 5.77. The fourth-order valence-electron chi connectivity index (χ4n) is 3.59. The van der Waals surface area contributed by atoms with Gasteiger partial charge in [0.1, 0.15) is 0 Å². The first-order valence-corrected chi connectivity index (χ1v) is 5.08. The van der Waals surface area contributed by atoms with E-state index < -0.39 is 0 Å². The Balaban J connectivity index is 2.42. The van der Waals surface area contributed by atoms with Crippen molar-refractivity contribution >= 4 is 5.91 Å². The fourth-order valence-corrected chi connectivity index (χ4v) is 3.59. The zero-order chi connectivity index (χ0) is 10.1. The highest BCUT2D eigenvalue weighted by atomic mass is 16.2. The molecule has 74 valence electrons. The first-order valence-electron chi connectivity index (χ1n) is 5.08. The minimum Gasteiger partial charge on any atom is -0.350 e. The van der Waals surface area contributed by atoms with E-state index in [1.165, 1.54) is 0 Å². The van der Waals surface area contributed by atoms with E-state index in [1.807, 2.05) is 0 Å². The Morgan fingerprint density at radius 2 is 1.85 bits per heavy atom. The summed E-state index contributed by atoms with van der Waals surface area (Å²) in [6.07, 6.45) is 0.690. The van der Waals surface area contributed by atoms with Crippen molar-refractivity contribution in [3.8, 4) is 0 Å². The maximum atomic E-state index is 11.4. The van der Waals surface area contributed by atoms with Gasteiger partial charge in [-0.15, -0.1) is 0 Å². The van der Waals surface area contributed by atoms with Gasteiger partial charge in [-0.05, 0) is 18.3 Å². The molecule has 0 aromatic heterocycles. The Kier molecular flexibility index (Phi) is 1.35. The van der Waals surface area contributed by atoms with E-state index in [2.05, 4.69) is 39.9 Å². The van der Waals surface area contributed by atoms with E-state index in [4.69, 9.17) is 0 Å². The van der Waals surface area contributed by atoms with E-state index in [0.717, 1.165) is 0 Å². The number of piperidine rings is 1. The standard InChI is InChI=1S/C11H19NO/c1-7-6-8(13)12-11(5)9(2,3)10(7,11)4/h7H,6H2,1-5H3,(H,12,13). The maximum absolute atomic E-state index is 11.4. The number of carbonyl (C=O) groups is 1. The van der Waals surface area contributed by atoms with Crippen molar-refractivity contribution in [2.45, 2.75) is 46.6 Å². The van der Waals surface area contributed by atoms with Gasteiger partial charge in [-0.1, -0.05) is 27.7 Å². The number of fused-ring (bicyclic) bond motifs is 1. The Labute approximate surface area is 80.1 Å². The van der Waals surface area contributed by atoms with Crippen LogP contribution >= 0.6 is 0 Å². The molecule has 1 aliphatic heterocycles. The van der Waals surface area contributed by atoms with Gasteiger partial charge in [-0.2, -0.15) is 0 Å². The molecule has 0 aromatic rings. The van der Waals surface area contributed by atoms with Gasteiger partial charge in [0, 0.05) is 17.4 Å². The van der Waals surface area contributed by atoms with Gasteiger partial charge in [0.2, 0.25) is 5.91 Å². The van der Waals surface area contributed by atoms with E-state index in [0.29, 0.717) is 12.3 Å². The Morgan fingerprint density at radius 1 is 1.31 bits per heavy atom. The SMILES string of the molecule is CC1CC(=O)NC2(C)C(C)(C)C12C. The lowest BCUT2D eigenvalue weighted by atomic mass is 9.80. The van der Waals surface area contributed by atoms with Gasteiger partial charge in [-0.3, -0.25) is 4.79 Å². The van der Waals surface area contributed by atoms with Gasteiger partial charge >= 0.3 is 0 Å². The summed E-state index contributed by atoms with van der Waals surface area (Å²) in [4.78, 5) is 11.4. The van der Waals surface area contributed by atoms with Crippen molar-refractivity contribution in [3.63, 3.8) is 0 Å². The number of hydrogen-bond acceptors (Lipinski definition) is 1. The predicted molar refractivity (Wildman–Crippen MR) is 52.2 cm³/mol. The number of rotatable bonds is 0. The van der Waals surface area contributed by atoms with Crippen molar-refractivity contribution in [2.75, 3.05) is 0 Å². The second-order valence-corrected chi connectivity index (χ2v) is 5.61. The van der Waals surface area contributed by atoms with Crippen LogP contribution < -0.4 is 5.32 Å². The summed E-state index contributed by atoms with van der Waals surface area (Å²) >= 11 is 0. The zero-order valence-electron chi connectivity index (χ0n) is 9.19. The quantitative estimate of drug-likeness (QED) is 0.608. The number of amides is 1. The molecule has 2 heteroatoms. The van der Waals surface area contributed by atoms with E-state index in [9.17, 15) is 4.79 Å². The van der Waals surface area contributed by atoms with Gasteiger partial charge in [0.25, 0.3) is 0 Å². The molecule has 1 aliphatic carbocycles. The minimum atomic E-state index is 0.0226. The summed E-state index contributed by atoms with van der Waals surface area (Å²) in [6, 6.07) is 0. The van der Waals surface area contributed by atoms with E-state index in [1.54, 1.807) is 0 Å². The first kappa shape index (κ1) is 9.04. The molecule has 1 saturated heterocycles.